The highest BCUT2D eigenvalue weighted by molar-refractivity contribution is 5.19. The molecule has 0 N–H and O–H groups in total. The van der Waals surface area contributed by atoms with Gasteiger partial charge in [0, 0.05) is 32.3 Å². The van der Waals surface area contributed by atoms with Gasteiger partial charge in [0.2, 0.25) is 0 Å². The van der Waals surface area contributed by atoms with E-state index < -0.39 is 11.6 Å². The average Bonchev–Trinajstić information content (AvgIpc) is 3.19. The summed E-state index contributed by atoms with van der Waals surface area (Å²) in [4.78, 5) is 6.28. The Morgan fingerprint density at radius 3 is 3.00 bits per heavy atom. The third-order valence-corrected chi connectivity index (χ3v) is 4.90. The highest BCUT2D eigenvalue weighted by Gasteiger charge is 2.46. The first kappa shape index (κ1) is 16.4. The number of benzene rings is 1. The monoisotopic (exact) mass is 346 g/mol. The van der Waals surface area contributed by atoms with Crippen molar-refractivity contribution in [1.29, 1.82) is 0 Å². The molecule has 2 atom stereocenters. The molecule has 4 rings (SSSR count). The lowest BCUT2D eigenvalue weighted by atomic mass is 9.98. The van der Waals surface area contributed by atoms with Gasteiger partial charge in [0.1, 0.15) is 11.9 Å². The molecule has 2 saturated heterocycles. The van der Waals surface area contributed by atoms with Crippen LogP contribution in [0.1, 0.15) is 18.4 Å². The van der Waals surface area contributed by atoms with Crippen LogP contribution in [0.4, 0.5) is 8.78 Å². The average molecular weight is 346 g/mol. The van der Waals surface area contributed by atoms with Crippen LogP contribution in [0.3, 0.4) is 0 Å². The van der Waals surface area contributed by atoms with E-state index in [0.717, 1.165) is 37.2 Å². The molecule has 3 heterocycles. The molecule has 2 aliphatic rings. The van der Waals surface area contributed by atoms with E-state index in [2.05, 4.69) is 9.88 Å². The number of likely N-dealkylation sites (tertiary alicyclic amines) is 1. The molecule has 0 saturated carbocycles. The zero-order valence-electron chi connectivity index (χ0n) is 13.8. The maximum absolute atomic E-state index is 13.4. The quantitative estimate of drug-likeness (QED) is 0.852. The van der Waals surface area contributed by atoms with Crippen LogP contribution in [0.25, 0.3) is 0 Å². The predicted octanol–water partition coefficient (Wildman–Crippen LogP) is 3.17. The number of rotatable bonds is 4. The van der Waals surface area contributed by atoms with Crippen molar-refractivity contribution < 1.29 is 18.3 Å². The molecule has 2 fully saturated rings. The van der Waals surface area contributed by atoms with E-state index in [1.54, 1.807) is 18.5 Å². The molecule has 132 valence electrons. The minimum atomic E-state index is -0.809. The van der Waals surface area contributed by atoms with Gasteiger partial charge in [-0.1, -0.05) is 6.07 Å². The summed E-state index contributed by atoms with van der Waals surface area (Å²) in [5, 5.41) is 0. The molecule has 0 amide bonds. The molecule has 2 aromatic rings. The largest absolute Gasteiger partial charge is 0.486 e. The Hall–Kier alpha value is -2.05. The van der Waals surface area contributed by atoms with E-state index in [-0.39, 0.29) is 11.7 Å². The second-order valence-corrected chi connectivity index (χ2v) is 6.84. The standard InChI is InChI=1S/C19H20F2N2O2/c20-17-4-3-14(8-18(17)21)11-23-7-5-19(13-23)9-16(12-24-19)25-15-2-1-6-22-10-15/h1-4,6,8,10,16H,5,7,9,11-13H2. The Morgan fingerprint density at radius 1 is 1.28 bits per heavy atom. The van der Waals surface area contributed by atoms with Gasteiger partial charge >= 0.3 is 0 Å². The van der Waals surface area contributed by atoms with Crippen LogP contribution >= 0.6 is 0 Å². The van der Waals surface area contributed by atoms with Crippen LogP contribution in [-0.4, -0.2) is 41.3 Å². The molecule has 0 aliphatic carbocycles. The number of hydrogen-bond donors (Lipinski definition) is 0. The molecule has 1 spiro atoms. The van der Waals surface area contributed by atoms with Crippen molar-refractivity contribution >= 4 is 0 Å². The summed E-state index contributed by atoms with van der Waals surface area (Å²) in [6.45, 7) is 2.81. The van der Waals surface area contributed by atoms with Gasteiger partial charge in [-0.15, -0.1) is 0 Å². The SMILES string of the molecule is Fc1ccc(CN2CCC3(CC(Oc4cccnc4)CO3)C2)cc1F. The Bertz CT molecular complexity index is 743. The fourth-order valence-corrected chi connectivity index (χ4v) is 3.73. The Morgan fingerprint density at radius 2 is 2.20 bits per heavy atom. The summed E-state index contributed by atoms with van der Waals surface area (Å²) in [7, 11) is 0. The van der Waals surface area contributed by atoms with Gasteiger partial charge < -0.3 is 9.47 Å². The van der Waals surface area contributed by atoms with Crippen molar-refractivity contribution in [2.75, 3.05) is 19.7 Å². The number of nitrogens with zero attached hydrogens (tertiary/aromatic N) is 2. The highest BCUT2D eigenvalue weighted by atomic mass is 19.2. The molecule has 2 aliphatic heterocycles. The third kappa shape index (κ3) is 3.65. The lowest BCUT2D eigenvalue weighted by Gasteiger charge is -2.23. The first-order valence-electron chi connectivity index (χ1n) is 8.49. The lowest BCUT2D eigenvalue weighted by molar-refractivity contribution is 0.00933. The zero-order chi connectivity index (χ0) is 17.3. The first-order valence-corrected chi connectivity index (χ1v) is 8.49. The normalized spacial score (nSPS) is 26.4. The van der Waals surface area contributed by atoms with Crippen LogP contribution in [-0.2, 0) is 11.3 Å². The summed E-state index contributed by atoms with van der Waals surface area (Å²) in [5.74, 6) is -0.852. The maximum atomic E-state index is 13.4. The van der Waals surface area contributed by atoms with Crippen molar-refractivity contribution in [3.63, 3.8) is 0 Å². The van der Waals surface area contributed by atoms with Gasteiger partial charge in [0.05, 0.1) is 18.4 Å². The summed E-state index contributed by atoms with van der Waals surface area (Å²) in [6.07, 6.45) is 5.19. The highest BCUT2D eigenvalue weighted by Crippen LogP contribution is 2.37. The summed E-state index contributed by atoms with van der Waals surface area (Å²) in [6, 6.07) is 7.82. The van der Waals surface area contributed by atoms with E-state index >= 15 is 0 Å². The van der Waals surface area contributed by atoms with Gasteiger partial charge in [0.25, 0.3) is 0 Å². The Balaban J connectivity index is 1.35. The topological polar surface area (TPSA) is 34.6 Å². The van der Waals surface area contributed by atoms with E-state index in [1.807, 2.05) is 12.1 Å². The molecule has 25 heavy (non-hydrogen) atoms. The summed E-state index contributed by atoms with van der Waals surface area (Å²) >= 11 is 0. The fourth-order valence-electron chi connectivity index (χ4n) is 3.73. The number of pyridine rings is 1. The molecule has 6 heteroatoms. The number of aromatic nitrogens is 1. The van der Waals surface area contributed by atoms with Crippen LogP contribution < -0.4 is 4.74 Å². The molecular weight excluding hydrogens is 326 g/mol. The second kappa shape index (κ2) is 6.69. The van der Waals surface area contributed by atoms with Gasteiger partial charge in [0.15, 0.2) is 11.6 Å². The summed E-state index contributed by atoms with van der Waals surface area (Å²) < 4.78 is 38.4. The van der Waals surface area contributed by atoms with E-state index in [4.69, 9.17) is 9.47 Å². The molecular formula is C19H20F2N2O2. The minimum absolute atomic E-state index is 0.0208. The lowest BCUT2D eigenvalue weighted by Crippen LogP contribution is -2.33. The van der Waals surface area contributed by atoms with Crippen molar-refractivity contribution in [2.24, 2.45) is 0 Å². The molecule has 1 aromatic heterocycles. The number of hydrogen-bond acceptors (Lipinski definition) is 4. The minimum Gasteiger partial charge on any atom is -0.486 e. The number of halogens is 2. The molecule has 2 unspecified atom stereocenters. The van der Waals surface area contributed by atoms with E-state index in [0.29, 0.717) is 13.2 Å². The van der Waals surface area contributed by atoms with E-state index in [9.17, 15) is 8.78 Å². The van der Waals surface area contributed by atoms with Gasteiger partial charge in [-0.25, -0.2) is 8.78 Å². The number of ether oxygens (including phenoxy) is 2. The smallest absolute Gasteiger partial charge is 0.159 e. The Kier molecular flexibility index (Phi) is 4.39. The van der Waals surface area contributed by atoms with Crippen molar-refractivity contribution in [1.82, 2.24) is 9.88 Å². The maximum Gasteiger partial charge on any atom is 0.159 e. The van der Waals surface area contributed by atoms with Crippen molar-refractivity contribution in [2.45, 2.75) is 31.1 Å². The fraction of sp³-hybridized carbons (Fsp3) is 0.421. The van der Waals surface area contributed by atoms with Crippen LogP contribution in [0.15, 0.2) is 42.7 Å². The zero-order valence-corrected chi connectivity index (χ0v) is 13.8. The molecule has 0 bridgehead atoms. The van der Waals surface area contributed by atoms with Crippen LogP contribution in [0, 0.1) is 11.6 Å². The van der Waals surface area contributed by atoms with Crippen LogP contribution in [0.2, 0.25) is 0 Å². The first-order chi connectivity index (χ1) is 12.1. The van der Waals surface area contributed by atoms with Crippen LogP contribution in [0.5, 0.6) is 5.75 Å². The predicted molar refractivity (Wildman–Crippen MR) is 88.2 cm³/mol. The molecule has 4 nitrogen and oxygen atoms in total. The van der Waals surface area contributed by atoms with Gasteiger partial charge in [-0.05, 0) is 36.2 Å². The molecule has 1 aromatic carbocycles. The van der Waals surface area contributed by atoms with E-state index in [1.165, 1.54) is 12.1 Å². The van der Waals surface area contributed by atoms with Crippen molar-refractivity contribution in [3.8, 4) is 5.75 Å². The Labute approximate surface area is 145 Å². The van der Waals surface area contributed by atoms with Crippen molar-refractivity contribution in [3.05, 3.63) is 59.9 Å². The molecule has 0 radical (unpaired) electrons. The second-order valence-electron chi connectivity index (χ2n) is 6.84. The third-order valence-electron chi connectivity index (χ3n) is 4.90. The van der Waals surface area contributed by atoms with Gasteiger partial charge in [-0.2, -0.15) is 0 Å². The van der Waals surface area contributed by atoms with Gasteiger partial charge in [-0.3, -0.25) is 9.88 Å². The summed E-state index contributed by atoms with van der Waals surface area (Å²) in [5.41, 5.74) is 0.572.